The zero-order valence-electron chi connectivity index (χ0n) is 77.3. The summed E-state index contributed by atoms with van der Waals surface area (Å²) in [5.74, 6) is 1.36. The zero-order chi connectivity index (χ0) is 92.7. The van der Waals surface area contributed by atoms with Gasteiger partial charge in [-0.2, -0.15) is 70.6 Å². The van der Waals surface area contributed by atoms with Gasteiger partial charge in [-0.05, 0) is 87.5 Å². The summed E-state index contributed by atoms with van der Waals surface area (Å²) < 4.78 is 31.2. The molecule has 2 rings (SSSR count). The van der Waals surface area contributed by atoms with Crippen LogP contribution in [-0.4, -0.2) is 175 Å². The van der Waals surface area contributed by atoms with Crippen LogP contribution in [0.3, 0.4) is 0 Å². The molecule has 0 aromatic heterocycles. The van der Waals surface area contributed by atoms with Gasteiger partial charge in [-0.15, -0.1) is 24.8 Å². The van der Waals surface area contributed by atoms with E-state index in [2.05, 4.69) is 125 Å². The van der Waals surface area contributed by atoms with Crippen LogP contribution in [0.1, 0.15) is 277 Å². The van der Waals surface area contributed by atoms with E-state index >= 15 is 0 Å². The Bertz CT molecular complexity index is 3020. The van der Waals surface area contributed by atoms with Gasteiger partial charge in [-0.3, -0.25) is 57.5 Å². The lowest BCUT2D eigenvalue weighted by molar-refractivity contribution is -0.153. The number of ketones is 3. The molecule has 32 heteroatoms. The Morgan fingerprint density at radius 3 is 0.739 bits per heavy atom. The highest BCUT2D eigenvalue weighted by Gasteiger charge is 2.30. The third-order valence-electron chi connectivity index (χ3n) is 13.3. The second-order valence-electron chi connectivity index (χ2n) is 32.5. The summed E-state index contributed by atoms with van der Waals surface area (Å²) in [7, 11) is 0. The number of carbonyl (C=O) groups excluding carboxylic acids is 12. The van der Waals surface area contributed by atoms with Crippen molar-refractivity contribution < 1.29 is 86.0 Å². The molecule has 6 atom stereocenters. The van der Waals surface area contributed by atoms with Crippen molar-refractivity contribution in [3.63, 3.8) is 0 Å². The van der Waals surface area contributed by atoms with Crippen LogP contribution in [0.4, 0.5) is 0 Å². The number of halogens is 5. The monoisotopic (exact) mass is 1900 g/mol. The van der Waals surface area contributed by atoms with Crippen LogP contribution >= 0.6 is 130 Å². The van der Waals surface area contributed by atoms with Gasteiger partial charge in [0.25, 0.3) is 0 Å². The summed E-state index contributed by atoms with van der Waals surface area (Å²) >= 11 is 24.6. The molecule has 0 fully saturated rings. The minimum Gasteiger partial charge on any atom is -0.466 e. The molecule has 0 aliphatic carbocycles. The first-order valence-corrected chi connectivity index (χ1v) is 47.0. The number of ether oxygens (including phenoxy) is 6. The third-order valence-corrected chi connectivity index (χ3v) is 22.6. The molecule has 2 aromatic rings. The maximum absolute atomic E-state index is 12.3. The standard InChI is InChI=1S/C18H26O3S.C14H21NO2S.C14H26O3S.C13H24O3S.C10H21NO2S.C9H19NO2S.3C3H5ClO.2ClH/c1-5-16(19)11-15(13-22-18(2,3)4)17(20)21-12-14-9-7-6-8-10-14;1-14(2,3)18-10-12(15)13(16)17-9-11-7-5-4-6-8-11;1-7-12(15)8-11(9-18-14(4,5)6)13(16)17-10(2)3;1-6-11(14)8-10(12(15)16-7-2)9-17-13(3,4)5;1-7(2)13-9(12)8(11)6-14-10(3,4)5;1-5-12-8(11)7(10)6-13-9(2,3)4;3*1-2-3(4)5;;/h6-10,15H,5,11-13H2,1-4H3;4-8,12H,9-10,15H2,1-3H3;10-11H,7-9H2,1-6H3;10H,6-9H2,1-5H3;7-8H,6,11H2,1-5H3;7H,5-6,10H2,1-4H3;3*2H2,1H3;2*1H/t15-;12-;11-;10-;8-;7-;;;;;/m000000...../s1. The van der Waals surface area contributed by atoms with Gasteiger partial charge in [0.05, 0.1) is 43.2 Å². The van der Waals surface area contributed by atoms with Crippen molar-refractivity contribution in [3.05, 3.63) is 71.8 Å². The molecule has 21 nitrogen and oxygen atoms in total. The Morgan fingerprint density at radius 2 is 0.513 bits per heavy atom. The van der Waals surface area contributed by atoms with E-state index < -0.39 is 18.1 Å². The molecule has 0 saturated carbocycles. The van der Waals surface area contributed by atoms with Crippen LogP contribution in [0, 0.1) is 17.8 Å². The van der Waals surface area contributed by atoms with Crippen LogP contribution in [0.5, 0.6) is 0 Å². The zero-order valence-corrected chi connectivity index (χ0v) is 86.1. The van der Waals surface area contributed by atoms with Gasteiger partial charge >= 0.3 is 35.8 Å². The Balaban J connectivity index is -0.000000169. The van der Waals surface area contributed by atoms with E-state index in [-0.39, 0.29) is 172 Å². The maximum Gasteiger partial charge on any atom is 0.324 e. The van der Waals surface area contributed by atoms with E-state index in [1.54, 1.807) is 105 Å². The topological polar surface area (TPSA) is 338 Å². The first-order chi connectivity index (χ1) is 53.5. The van der Waals surface area contributed by atoms with Crippen molar-refractivity contribution in [3.8, 4) is 0 Å². The maximum atomic E-state index is 12.3. The summed E-state index contributed by atoms with van der Waals surface area (Å²) in [5, 5.41) is -0.819. The molecule has 6 N–H and O–H groups in total. The van der Waals surface area contributed by atoms with E-state index in [4.69, 9.17) is 80.4 Å². The van der Waals surface area contributed by atoms with Crippen LogP contribution in [0.15, 0.2) is 60.7 Å². The molecule has 0 aliphatic heterocycles. The lowest BCUT2D eigenvalue weighted by Gasteiger charge is -2.22. The molecule has 0 unspecified atom stereocenters. The van der Waals surface area contributed by atoms with Crippen LogP contribution in [0.2, 0.25) is 0 Å². The van der Waals surface area contributed by atoms with Gasteiger partial charge in [-0.1, -0.05) is 227 Å². The lowest BCUT2D eigenvalue weighted by atomic mass is 10.0. The Kier molecular flexibility index (Phi) is 85.4. The Labute approximate surface area is 770 Å². The summed E-state index contributed by atoms with van der Waals surface area (Å²) in [6.45, 7) is 60.6. The summed E-state index contributed by atoms with van der Waals surface area (Å²) in [6.07, 6.45) is 3.37. The quantitative estimate of drug-likeness (QED) is 0.0319. The number of carbonyl (C=O) groups is 12. The smallest absolute Gasteiger partial charge is 0.324 e. The van der Waals surface area contributed by atoms with E-state index in [1.807, 2.05) is 109 Å². The fraction of sp³-hybridized carbons (Fsp3) is 0.724. The van der Waals surface area contributed by atoms with Crippen molar-refractivity contribution in [1.82, 2.24) is 0 Å². The molecule has 696 valence electrons. The predicted octanol–water partition coefficient (Wildman–Crippen LogP) is 20.9. The van der Waals surface area contributed by atoms with Crippen molar-refractivity contribution in [1.29, 1.82) is 0 Å². The molecule has 0 radical (unpaired) electrons. The van der Waals surface area contributed by atoms with E-state index in [9.17, 15) is 57.5 Å². The summed E-state index contributed by atoms with van der Waals surface area (Å²) in [4.78, 5) is 133. The molecule has 0 heterocycles. The fourth-order valence-electron chi connectivity index (χ4n) is 7.00. The lowest BCUT2D eigenvalue weighted by Crippen LogP contribution is -2.37. The van der Waals surface area contributed by atoms with Crippen LogP contribution < -0.4 is 17.2 Å². The molecule has 0 aliphatic rings. The molecular weight excluding hydrogens is 1740 g/mol. The van der Waals surface area contributed by atoms with Gasteiger partial charge in [-0.25, -0.2) is 0 Å². The van der Waals surface area contributed by atoms with Crippen molar-refractivity contribution in [2.45, 2.75) is 338 Å². The van der Waals surface area contributed by atoms with Gasteiger partial charge < -0.3 is 45.6 Å². The highest BCUT2D eigenvalue weighted by atomic mass is 35.5. The number of hydrogen-bond donors (Lipinski definition) is 3. The average molecular weight is 1900 g/mol. The number of Topliss-reactive ketones (excluding diaryl/α,β-unsaturated/α-hetero) is 3. The van der Waals surface area contributed by atoms with Gasteiger partial charge in [0.1, 0.15) is 48.7 Å². The highest BCUT2D eigenvalue weighted by molar-refractivity contribution is 8.01. The number of rotatable bonds is 38. The normalized spacial score (nSPS) is 12.4. The number of esters is 6. The first kappa shape index (κ1) is 134. The molecule has 0 spiro atoms. The van der Waals surface area contributed by atoms with Crippen LogP contribution in [0.25, 0.3) is 0 Å². The first-order valence-electron chi connectivity index (χ1n) is 39.9. The average Bonchev–Trinajstić information content (AvgIpc) is 0.977. The van der Waals surface area contributed by atoms with E-state index in [1.165, 1.54) is 0 Å². The third kappa shape index (κ3) is 100. The fourth-order valence-corrected chi connectivity index (χ4v) is 12.3. The van der Waals surface area contributed by atoms with Crippen LogP contribution in [-0.2, 0) is 99.2 Å². The summed E-state index contributed by atoms with van der Waals surface area (Å²) in [6, 6.07) is 17.6. The van der Waals surface area contributed by atoms with Crippen molar-refractivity contribution in [2.24, 2.45) is 35.0 Å². The molecule has 0 saturated heterocycles. The van der Waals surface area contributed by atoms with Gasteiger partial charge in [0.15, 0.2) is 0 Å². The summed E-state index contributed by atoms with van der Waals surface area (Å²) in [5.41, 5.74) is 19.0. The van der Waals surface area contributed by atoms with E-state index in [0.29, 0.717) is 99.1 Å². The van der Waals surface area contributed by atoms with E-state index in [0.717, 1.165) is 11.1 Å². The number of nitrogens with two attached hydrogens (primary N) is 3. The number of benzene rings is 2. The molecular formula is C87H154Cl5N3O18S6. The highest BCUT2D eigenvalue weighted by Crippen LogP contribution is 2.31. The SMILES string of the molecule is CC(C)(C)SC[C@H](N)C(=O)OCc1ccccc1.CC(C)OC(=O)[C@@H](N)CSC(C)(C)C.CCC(=O)C[C@@H](CSC(C)(C)C)C(=O)OC(C)C.CCC(=O)C[C@@H](CSC(C)(C)C)C(=O)OCc1ccccc1.CCC(=O)Cl.CCC(=O)Cl.CCC(=O)Cl.CCOC(=O)[C@@H](N)CSC(C)(C)C.CCOC(=O)[C@H](CSC(C)(C)C)CC(=O)CC.Cl.Cl. The Hall–Kier alpha value is -3.29. The Morgan fingerprint density at radius 1 is 0.311 bits per heavy atom. The largest absolute Gasteiger partial charge is 0.466 e. The second-order valence-corrected chi connectivity index (χ2v) is 44.9. The molecule has 119 heavy (non-hydrogen) atoms. The number of hydrogen-bond acceptors (Lipinski definition) is 27. The minimum atomic E-state index is -0.557. The number of thioether (sulfide) groups is 6. The van der Waals surface area contributed by atoms with Crippen molar-refractivity contribution >= 4 is 199 Å². The molecule has 0 bridgehead atoms. The van der Waals surface area contributed by atoms with Gasteiger partial charge in [0, 0.05) is 121 Å². The molecule has 2 aromatic carbocycles. The molecule has 0 amide bonds. The van der Waals surface area contributed by atoms with Gasteiger partial charge in [0.2, 0.25) is 15.7 Å². The second kappa shape index (κ2) is 76.0. The predicted molar refractivity (Wildman–Crippen MR) is 514 cm³/mol. The minimum absolute atomic E-state index is 0. The van der Waals surface area contributed by atoms with Crippen molar-refractivity contribution in [2.75, 3.05) is 47.7 Å².